The maximum Gasteiger partial charge on any atom is 0.0409 e. The molecule has 0 heterocycles. The van der Waals surface area contributed by atoms with Crippen LogP contribution in [0.25, 0.3) is 0 Å². The predicted octanol–water partition coefficient (Wildman–Crippen LogP) is 3.92. The summed E-state index contributed by atoms with van der Waals surface area (Å²) in [7, 11) is 0. The second kappa shape index (κ2) is 4.23. The van der Waals surface area contributed by atoms with Crippen molar-refractivity contribution in [2.24, 2.45) is 23.5 Å². The maximum absolute atomic E-state index is 6.19. The molecule has 2 atom stereocenters. The minimum absolute atomic E-state index is 0.522. The first-order valence-corrected chi connectivity index (χ1v) is 8.08. The molecule has 1 aromatic rings. The highest BCUT2D eigenvalue weighted by Crippen LogP contribution is 2.64. The lowest BCUT2D eigenvalue weighted by Crippen LogP contribution is -2.30. The van der Waals surface area contributed by atoms with Crippen LogP contribution in [-0.4, -0.2) is 6.54 Å². The topological polar surface area (TPSA) is 26.0 Å². The third kappa shape index (κ3) is 1.86. The van der Waals surface area contributed by atoms with Crippen molar-refractivity contribution in [3.8, 4) is 0 Å². The highest BCUT2D eigenvalue weighted by Gasteiger charge is 2.58. The molecule has 0 amide bonds. The summed E-state index contributed by atoms with van der Waals surface area (Å²) in [5.74, 6) is 2.71. The zero-order chi connectivity index (χ0) is 13.0. The van der Waals surface area contributed by atoms with Gasteiger partial charge in [0.25, 0.3) is 0 Å². The fourth-order valence-electron chi connectivity index (χ4n) is 4.71. The smallest absolute Gasteiger partial charge is 0.0409 e. The number of nitrogens with two attached hydrogens (primary N) is 1. The Morgan fingerprint density at radius 3 is 2.89 bits per heavy atom. The van der Waals surface area contributed by atoms with Crippen molar-refractivity contribution in [1.29, 1.82) is 0 Å². The van der Waals surface area contributed by atoms with E-state index in [-0.39, 0.29) is 0 Å². The lowest BCUT2D eigenvalue weighted by atomic mass is 9.72. The van der Waals surface area contributed by atoms with Crippen LogP contribution >= 0.6 is 11.6 Å². The summed E-state index contributed by atoms with van der Waals surface area (Å²) >= 11 is 6.19. The van der Waals surface area contributed by atoms with Crippen molar-refractivity contribution < 1.29 is 0 Å². The zero-order valence-corrected chi connectivity index (χ0v) is 12.1. The van der Waals surface area contributed by atoms with Gasteiger partial charge in [0.15, 0.2) is 0 Å². The van der Waals surface area contributed by atoms with Gasteiger partial charge in [-0.2, -0.15) is 0 Å². The van der Waals surface area contributed by atoms with Gasteiger partial charge in [0.2, 0.25) is 0 Å². The molecule has 2 fully saturated rings. The molecule has 2 heteroatoms. The van der Waals surface area contributed by atoms with Crippen LogP contribution in [0.4, 0.5) is 0 Å². The van der Waals surface area contributed by atoms with Crippen LogP contribution in [0.5, 0.6) is 0 Å². The summed E-state index contributed by atoms with van der Waals surface area (Å²) in [5.41, 5.74) is 9.38. The second-order valence-electron chi connectivity index (χ2n) is 7.03. The zero-order valence-electron chi connectivity index (χ0n) is 11.4. The summed E-state index contributed by atoms with van der Waals surface area (Å²) in [5, 5.41) is 0.914. The Hall–Kier alpha value is -0.530. The molecule has 2 saturated carbocycles. The number of halogens is 1. The number of fused-ring (bicyclic) bond motifs is 2. The molecule has 1 nitrogen and oxygen atoms in total. The third-order valence-electron chi connectivity index (χ3n) is 5.97. The van der Waals surface area contributed by atoms with Crippen LogP contribution in [0.1, 0.15) is 43.2 Å². The van der Waals surface area contributed by atoms with E-state index in [2.05, 4.69) is 18.2 Å². The van der Waals surface area contributed by atoms with Gasteiger partial charge in [-0.25, -0.2) is 0 Å². The monoisotopic (exact) mass is 275 g/mol. The minimum Gasteiger partial charge on any atom is -0.330 e. The van der Waals surface area contributed by atoms with Crippen molar-refractivity contribution in [2.75, 3.05) is 6.54 Å². The van der Waals surface area contributed by atoms with Crippen LogP contribution < -0.4 is 5.73 Å². The Morgan fingerprint density at radius 2 is 2.11 bits per heavy atom. The van der Waals surface area contributed by atoms with E-state index in [0.29, 0.717) is 5.41 Å². The molecule has 102 valence electrons. The molecule has 4 rings (SSSR count). The molecule has 1 spiro atoms. The molecule has 0 bridgehead atoms. The summed E-state index contributed by atoms with van der Waals surface area (Å²) in [6.07, 6.45) is 8.23. The molecule has 2 unspecified atom stereocenters. The first kappa shape index (κ1) is 12.2. The Kier molecular flexibility index (Phi) is 2.72. The van der Waals surface area contributed by atoms with Crippen LogP contribution in [-0.2, 0) is 11.8 Å². The average Bonchev–Trinajstić information content (AvgIpc) is 2.94. The molecule has 3 aliphatic carbocycles. The Balaban J connectivity index is 1.46. The highest BCUT2D eigenvalue weighted by atomic mass is 35.5. The molecular formula is C17H22ClN. The van der Waals surface area contributed by atoms with E-state index >= 15 is 0 Å². The summed E-state index contributed by atoms with van der Waals surface area (Å²) < 4.78 is 0. The number of benzene rings is 1. The summed E-state index contributed by atoms with van der Waals surface area (Å²) in [6, 6.07) is 6.54. The van der Waals surface area contributed by atoms with Gasteiger partial charge in [-0.1, -0.05) is 17.7 Å². The number of aryl methyl sites for hydroxylation is 1. The number of hydrogen-bond donors (Lipinski definition) is 1. The third-order valence-corrected chi connectivity index (χ3v) is 6.20. The Morgan fingerprint density at radius 1 is 1.26 bits per heavy atom. The Bertz CT molecular complexity index is 506. The van der Waals surface area contributed by atoms with Gasteiger partial charge >= 0.3 is 0 Å². The van der Waals surface area contributed by atoms with Crippen molar-refractivity contribution in [3.05, 3.63) is 34.3 Å². The molecule has 2 N–H and O–H groups in total. The number of hydrogen-bond acceptors (Lipinski definition) is 1. The largest absolute Gasteiger partial charge is 0.330 e. The minimum atomic E-state index is 0.522. The van der Waals surface area contributed by atoms with Gasteiger partial charge in [0.1, 0.15) is 0 Å². The van der Waals surface area contributed by atoms with Crippen molar-refractivity contribution >= 4 is 11.6 Å². The van der Waals surface area contributed by atoms with E-state index in [1.165, 1.54) is 38.5 Å². The lowest BCUT2D eigenvalue weighted by Gasteiger charge is -2.35. The van der Waals surface area contributed by atoms with Crippen LogP contribution in [0.2, 0.25) is 5.02 Å². The van der Waals surface area contributed by atoms with Crippen LogP contribution in [0, 0.1) is 17.8 Å². The van der Waals surface area contributed by atoms with Gasteiger partial charge in [0, 0.05) is 5.02 Å². The van der Waals surface area contributed by atoms with Crippen LogP contribution in [0.3, 0.4) is 0 Å². The highest BCUT2D eigenvalue weighted by molar-refractivity contribution is 6.30. The average molecular weight is 276 g/mol. The molecular weight excluding hydrogens is 254 g/mol. The van der Waals surface area contributed by atoms with Crippen molar-refractivity contribution in [3.63, 3.8) is 0 Å². The van der Waals surface area contributed by atoms with Crippen molar-refractivity contribution in [2.45, 2.75) is 43.9 Å². The van der Waals surface area contributed by atoms with Crippen molar-refractivity contribution in [1.82, 2.24) is 0 Å². The lowest BCUT2D eigenvalue weighted by molar-refractivity contribution is 0.177. The predicted molar refractivity (Wildman–Crippen MR) is 79.4 cm³/mol. The van der Waals surface area contributed by atoms with E-state index < -0.39 is 0 Å². The van der Waals surface area contributed by atoms with Crippen LogP contribution in [0.15, 0.2) is 18.2 Å². The van der Waals surface area contributed by atoms with Gasteiger partial charge in [-0.05, 0) is 91.5 Å². The SMILES string of the molecule is NCC1CC(CC2CC23CCc2ccc(Cl)cc23)C1. The van der Waals surface area contributed by atoms with E-state index in [9.17, 15) is 0 Å². The summed E-state index contributed by atoms with van der Waals surface area (Å²) in [4.78, 5) is 0. The molecule has 0 saturated heterocycles. The number of rotatable bonds is 3. The van der Waals surface area contributed by atoms with E-state index in [1.54, 1.807) is 11.1 Å². The normalized spacial score (nSPS) is 39.2. The molecule has 0 aromatic heterocycles. The van der Waals surface area contributed by atoms with Gasteiger partial charge < -0.3 is 5.73 Å². The van der Waals surface area contributed by atoms with Gasteiger partial charge in [0.05, 0.1) is 0 Å². The quantitative estimate of drug-likeness (QED) is 0.889. The first-order valence-electron chi connectivity index (χ1n) is 7.70. The summed E-state index contributed by atoms with van der Waals surface area (Å²) in [6.45, 7) is 0.894. The molecule has 0 aliphatic heterocycles. The van der Waals surface area contributed by atoms with E-state index in [1.807, 2.05) is 0 Å². The van der Waals surface area contributed by atoms with E-state index in [0.717, 1.165) is 29.3 Å². The Labute approximate surface area is 120 Å². The fraction of sp³-hybridized carbons (Fsp3) is 0.647. The molecule has 0 radical (unpaired) electrons. The first-order chi connectivity index (χ1) is 9.21. The van der Waals surface area contributed by atoms with E-state index in [4.69, 9.17) is 17.3 Å². The van der Waals surface area contributed by atoms with Gasteiger partial charge in [-0.3, -0.25) is 0 Å². The maximum atomic E-state index is 6.19. The molecule has 1 aromatic carbocycles. The standard InChI is InChI=1S/C17H22ClN/c18-15-2-1-13-3-4-17(16(13)8-15)9-14(17)7-11-5-12(6-11)10-19/h1-2,8,11-12,14H,3-7,9-10,19H2. The molecule has 19 heavy (non-hydrogen) atoms. The van der Waals surface area contributed by atoms with Gasteiger partial charge in [-0.15, -0.1) is 0 Å². The fourth-order valence-corrected chi connectivity index (χ4v) is 4.88. The molecule has 3 aliphatic rings. The second-order valence-corrected chi connectivity index (χ2v) is 7.47.